The highest BCUT2D eigenvalue weighted by Gasteiger charge is 2.07. The average molecular weight is 433 g/mol. The van der Waals surface area contributed by atoms with E-state index in [9.17, 15) is 0 Å². The number of rotatable bonds is 5. The van der Waals surface area contributed by atoms with Crippen LogP contribution in [0.2, 0.25) is 0 Å². The van der Waals surface area contributed by atoms with Crippen LogP contribution in [0.25, 0.3) is 0 Å². The summed E-state index contributed by atoms with van der Waals surface area (Å²) in [5, 5.41) is 13.1. The molecule has 0 unspecified atom stereocenters. The summed E-state index contributed by atoms with van der Waals surface area (Å²) < 4.78 is 5.10. The Kier molecular flexibility index (Phi) is 7.52. The van der Waals surface area contributed by atoms with Gasteiger partial charge in [0.05, 0.1) is 13.7 Å². The van der Waals surface area contributed by atoms with Crippen LogP contribution < -0.4 is 15.8 Å². The first kappa shape index (κ1) is 18.6. The van der Waals surface area contributed by atoms with E-state index in [0.717, 1.165) is 21.5 Å². The first-order chi connectivity index (χ1) is 10.1. The van der Waals surface area contributed by atoms with Crippen LogP contribution in [-0.4, -0.2) is 23.3 Å². The fraction of sp³-hybridized carbons (Fsp3) is 0.357. The number of nitrogens with two attached hydrogens (primary N) is 1. The topological polar surface area (TPSA) is 85.4 Å². The van der Waals surface area contributed by atoms with Crippen LogP contribution in [0.5, 0.6) is 5.75 Å². The van der Waals surface area contributed by atoms with Gasteiger partial charge < -0.3 is 15.8 Å². The lowest BCUT2D eigenvalue weighted by Gasteiger charge is -2.06. The van der Waals surface area contributed by atoms with Gasteiger partial charge in [-0.05, 0) is 24.3 Å². The van der Waals surface area contributed by atoms with E-state index < -0.39 is 0 Å². The molecule has 0 fully saturated rings. The number of benzene rings is 1. The summed E-state index contributed by atoms with van der Waals surface area (Å²) in [5.41, 5.74) is 6.71. The molecular weight excluding hydrogens is 413 g/mol. The van der Waals surface area contributed by atoms with Gasteiger partial charge in [0.2, 0.25) is 0 Å². The highest BCUT2D eigenvalue weighted by molar-refractivity contribution is 14.0. The summed E-state index contributed by atoms with van der Waals surface area (Å²) in [7, 11) is 1.63. The van der Waals surface area contributed by atoms with Crippen molar-refractivity contribution in [3.63, 3.8) is 0 Å². The molecule has 0 saturated heterocycles. The van der Waals surface area contributed by atoms with E-state index in [2.05, 4.69) is 34.4 Å². The predicted molar refractivity (Wildman–Crippen MR) is 101 cm³/mol. The Balaban J connectivity index is 0.00000242. The Bertz CT molecular complexity index is 612. The Labute approximate surface area is 151 Å². The molecule has 8 heteroatoms. The standard InChI is InChI=1S/C14H19N5OS.HI/c1-9(2)13-19-18-12(21-13)8-16-14(15)17-10-4-6-11(20-3)7-5-10;/h4-7,9H,8H2,1-3H3,(H3,15,16,17);1H. The molecular formula is C14H20IN5OS. The zero-order valence-electron chi connectivity index (χ0n) is 12.7. The van der Waals surface area contributed by atoms with E-state index in [1.807, 2.05) is 24.3 Å². The first-order valence-corrected chi connectivity index (χ1v) is 7.43. The zero-order valence-corrected chi connectivity index (χ0v) is 15.9. The normalized spacial score (nSPS) is 11.2. The fourth-order valence-corrected chi connectivity index (χ4v) is 2.35. The van der Waals surface area contributed by atoms with E-state index in [0.29, 0.717) is 18.4 Å². The Morgan fingerprint density at radius 2 is 2.00 bits per heavy atom. The van der Waals surface area contributed by atoms with Gasteiger partial charge in [0.1, 0.15) is 15.8 Å². The Morgan fingerprint density at radius 1 is 1.32 bits per heavy atom. The lowest BCUT2D eigenvalue weighted by Crippen LogP contribution is -2.22. The summed E-state index contributed by atoms with van der Waals surface area (Å²) in [6, 6.07) is 7.47. The van der Waals surface area contributed by atoms with Crippen LogP contribution in [0.4, 0.5) is 5.69 Å². The van der Waals surface area contributed by atoms with Crippen molar-refractivity contribution in [2.24, 2.45) is 10.7 Å². The number of methoxy groups -OCH3 is 1. The van der Waals surface area contributed by atoms with E-state index in [1.165, 1.54) is 0 Å². The third-order valence-corrected chi connectivity index (χ3v) is 3.93. The van der Waals surface area contributed by atoms with Crippen molar-refractivity contribution in [3.8, 4) is 5.75 Å². The molecule has 120 valence electrons. The van der Waals surface area contributed by atoms with Gasteiger partial charge >= 0.3 is 0 Å². The van der Waals surface area contributed by atoms with Crippen LogP contribution >= 0.6 is 35.3 Å². The quantitative estimate of drug-likeness (QED) is 0.430. The van der Waals surface area contributed by atoms with E-state index in [-0.39, 0.29) is 24.0 Å². The fourth-order valence-electron chi connectivity index (χ4n) is 1.58. The highest BCUT2D eigenvalue weighted by atomic mass is 127. The van der Waals surface area contributed by atoms with Gasteiger partial charge in [0.25, 0.3) is 0 Å². The van der Waals surface area contributed by atoms with Gasteiger partial charge in [-0.3, -0.25) is 0 Å². The van der Waals surface area contributed by atoms with Crippen molar-refractivity contribution < 1.29 is 4.74 Å². The lowest BCUT2D eigenvalue weighted by atomic mass is 10.2. The molecule has 0 spiro atoms. The number of anilines is 1. The number of hydrogen-bond acceptors (Lipinski definition) is 5. The predicted octanol–water partition coefficient (Wildman–Crippen LogP) is 3.21. The van der Waals surface area contributed by atoms with Crippen molar-refractivity contribution in [1.29, 1.82) is 0 Å². The van der Waals surface area contributed by atoms with Crippen LogP contribution in [0.15, 0.2) is 29.3 Å². The largest absolute Gasteiger partial charge is 0.497 e. The van der Waals surface area contributed by atoms with Crippen LogP contribution in [0, 0.1) is 0 Å². The van der Waals surface area contributed by atoms with Crippen LogP contribution in [-0.2, 0) is 6.54 Å². The molecule has 22 heavy (non-hydrogen) atoms. The van der Waals surface area contributed by atoms with Crippen molar-refractivity contribution in [2.45, 2.75) is 26.3 Å². The number of nitrogens with one attached hydrogen (secondary N) is 1. The molecule has 1 aromatic heterocycles. The minimum atomic E-state index is 0. The molecule has 0 saturated carbocycles. The molecule has 0 bridgehead atoms. The van der Waals surface area contributed by atoms with Crippen molar-refractivity contribution >= 4 is 47.0 Å². The SMILES string of the molecule is COc1ccc(NC(N)=NCc2nnc(C(C)C)s2)cc1.I. The van der Waals surface area contributed by atoms with Crippen molar-refractivity contribution in [3.05, 3.63) is 34.3 Å². The summed E-state index contributed by atoms with van der Waals surface area (Å²) in [5.74, 6) is 1.53. The summed E-state index contributed by atoms with van der Waals surface area (Å²) >= 11 is 1.57. The molecule has 2 rings (SSSR count). The smallest absolute Gasteiger partial charge is 0.193 e. The minimum Gasteiger partial charge on any atom is -0.497 e. The van der Waals surface area contributed by atoms with E-state index in [4.69, 9.17) is 10.5 Å². The molecule has 0 atom stereocenters. The molecule has 3 N–H and O–H groups in total. The second kappa shape index (κ2) is 8.89. The van der Waals surface area contributed by atoms with Gasteiger partial charge in [-0.2, -0.15) is 0 Å². The van der Waals surface area contributed by atoms with Crippen molar-refractivity contribution in [2.75, 3.05) is 12.4 Å². The monoisotopic (exact) mass is 433 g/mol. The molecule has 0 amide bonds. The number of nitrogens with zero attached hydrogens (tertiary/aromatic N) is 3. The van der Waals surface area contributed by atoms with Crippen molar-refractivity contribution in [1.82, 2.24) is 10.2 Å². The van der Waals surface area contributed by atoms with E-state index >= 15 is 0 Å². The third kappa shape index (κ3) is 5.41. The summed E-state index contributed by atoms with van der Waals surface area (Å²) in [6.45, 7) is 4.61. The molecule has 2 aromatic rings. The lowest BCUT2D eigenvalue weighted by molar-refractivity contribution is 0.415. The number of ether oxygens (including phenoxy) is 1. The maximum Gasteiger partial charge on any atom is 0.193 e. The number of guanidine groups is 1. The van der Waals surface area contributed by atoms with Gasteiger partial charge in [0, 0.05) is 11.6 Å². The molecule has 1 heterocycles. The second-order valence-corrected chi connectivity index (χ2v) is 5.84. The number of halogens is 1. The Morgan fingerprint density at radius 3 is 2.55 bits per heavy atom. The average Bonchev–Trinajstić information content (AvgIpc) is 2.95. The number of hydrogen-bond donors (Lipinski definition) is 2. The molecule has 1 aromatic carbocycles. The summed E-state index contributed by atoms with van der Waals surface area (Å²) in [4.78, 5) is 4.26. The zero-order chi connectivity index (χ0) is 15.2. The molecule has 0 aliphatic rings. The van der Waals surface area contributed by atoms with Gasteiger partial charge in [-0.25, -0.2) is 4.99 Å². The van der Waals surface area contributed by atoms with Gasteiger partial charge in [0.15, 0.2) is 5.96 Å². The minimum absolute atomic E-state index is 0. The number of aromatic nitrogens is 2. The Hall–Kier alpha value is -1.42. The molecule has 0 aliphatic carbocycles. The first-order valence-electron chi connectivity index (χ1n) is 6.61. The summed E-state index contributed by atoms with van der Waals surface area (Å²) in [6.07, 6.45) is 0. The second-order valence-electron chi connectivity index (χ2n) is 4.74. The highest BCUT2D eigenvalue weighted by Crippen LogP contribution is 2.19. The van der Waals surface area contributed by atoms with Gasteiger partial charge in [-0.15, -0.1) is 34.2 Å². The maximum atomic E-state index is 5.85. The molecule has 6 nitrogen and oxygen atoms in total. The van der Waals surface area contributed by atoms with Crippen LogP contribution in [0.1, 0.15) is 29.8 Å². The third-order valence-electron chi connectivity index (χ3n) is 2.72. The number of aliphatic imine (C=N–C) groups is 1. The van der Waals surface area contributed by atoms with E-state index in [1.54, 1.807) is 18.4 Å². The molecule has 0 radical (unpaired) electrons. The van der Waals surface area contributed by atoms with Gasteiger partial charge in [-0.1, -0.05) is 25.2 Å². The van der Waals surface area contributed by atoms with Crippen LogP contribution in [0.3, 0.4) is 0 Å². The maximum absolute atomic E-state index is 5.85. The molecule has 0 aliphatic heterocycles.